The fourth-order valence-corrected chi connectivity index (χ4v) is 3.12. The Balaban J connectivity index is 2.26. The second-order valence-corrected chi connectivity index (χ2v) is 6.94. The van der Waals surface area contributed by atoms with Crippen LogP contribution in [0.1, 0.15) is 11.1 Å². The molecule has 0 radical (unpaired) electrons. The van der Waals surface area contributed by atoms with Gasteiger partial charge in [-0.25, -0.2) is 8.42 Å². The number of halogens is 3. The van der Waals surface area contributed by atoms with Crippen molar-refractivity contribution in [1.82, 2.24) is 4.72 Å². The highest BCUT2D eigenvalue weighted by Gasteiger charge is 2.40. The molecule has 1 unspecified atom stereocenters. The van der Waals surface area contributed by atoms with Crippen LogP contribution in [-0.4, -0.2) is 20.6 Å². The Morgan fingerprint density at radius 3 is 2.12 bits per heavy atom. The lowest BCUT2D eigenvalue weighted by Gasteiger charge is -2.18. The van der Waals surface area contributed by atoms with E-state index >= 15 is 0 Å². The first-order chi connectivity index (χ1) is 11.2. The molecule has 0 amide bonds. The Morgan fingerprint density at radius 2 is 1.58 bits per heavy atom. The van der Waals surface area contributed by atoms with Crippen LogP contribution in [0.3, 0.4) is 0 Å². The number of hydrogen-bond donors (Lipinski definition) is 1. The van der Waals surface area contributed by atoms with Crippen molar-refractivity contribution in [3.8, 4) is 0 Å². The molecule has 0 fully saturated rings. The van der Waals surface area contributed by atoms with Crippen molar-refractivity contribution in [3.63, 3.8) is 0 Å². The van der Waals surface area contributed by atoms with E-state index in [4.69, 9.17) is 0 Å². The van der Waals surface area contributed by atoms with Gasteiger partial charge >= 0.3 is 6.18 Å². The van der Waals surface area contributed by atoms with Crippen LogP contribution in [0.25, 0.3) is 6.08 Å². The topological polar surface area (TPSA) is 46.2 Å². The fraction of sp³-hybridized carbons (Fsp3) is 0.176. The van der Waals surface area contributed by atoms with Crippen LogP contribution in [0.5, 0.6) is 0 Å². The molecule has 0 aliphatic rings. The molecule has 0 aliphatic carbocycles. The maximum atomic E-state index is 13.2. The lowest BCUT2D eigenvalue weighted by atomic mass is 10.2. The van der Waals surface area contributed by atoms with Gasteiger partial charge in [-0.2, -0.15) is 17.9 Å². The maximum Gasteiger partial charge on any atom is 0.408 e. The van der Waals surface area contributed by atoms with Crippen molar-refractivity contribution in [2.45, 2.75) is 24.0 Å². The van der Waals surface area contributed by atoms with E-state index in [-0.39, 0.29) is 4.90 Å². The zero-order chi connectivity index (χ0) is 17.8. The van der Waals surface area contributed by atoms with E-state index < -0.39 is 22.2 Å². The van der Waals surface area contributed by atoms with Gasteiger partial charge in [-0.1, -0.05) is 60.2 Å². The quantitative estimate of drug-likeness (QED) is 0.884. The summed E-state index contributed by atoms with van der Waals surface area (Å²) in [7, 11) is -4.29. The number of aryl methyl sites for hydroxylation is 1. The van der Waals surface area contributed by atoms with Crippen LogP contribution < -0.4 is 4.72 Å². The summed E-state index contributed by atoms with van der Waals surface area (Å²) >= 11 is 0. The third-order valence-corrected chi connectivity index (χ3v) is 4.70. The molecule has 0 aliphatic heterocycles. The lowest BCUT2D eigenvalue weighted by Crippen LogP contribution is -2.43. The molecule has 1 N–H and O–H groups in total. The van der Waals surface area contributed by atoms with Crippen molar-refractivity contribution in [3.05, 3.63) is 71.8 Å². The molecule has 0 saturated carbocycles. The first kappa shape index (κ1) is 18.2. The van der Waals surface area contributed by atoms with Gasteiger partial charge in [0.2, 0.25) is 10.0 Å². The van der Waals surface area contributed by atoms with E-state index in [2.05, 4.69) is 0 Å². The molecule has 2 rings (SSSR count). The van der Waals surface area contributed by atoms with Crippen molar-refractivity contribution >= 4 is 16.1 Å². The summed E-state index contributed by atoms with van der Waals surface area (Å²) in [6, 6.07) is 11.6. The molecule has 128 valence electrons. The van der Waals surface area contributed by atoms with Crippen LogP contribution in [0, 0.1) is 6.92 Å². The number of hydrogen-bond acceptors (Lipinski definition) is 2. The molecule has 24 heavy (non-hydrogen) atoms. The van der Waals surface area contributed by atoms with E-state index in [1.165, 1.54) is 30.3 Å². The Kier molecular flexibility index (Phi) is 5.46. The second kappa shape index (κ2) is 7.19. The summed E-state index contributed by atoms with van der Waals surface area (Å²) in [5, 5.41) is 0. The molecular weight excluding hydrogens is 339 g/mol. The fourth-order valence-electron chi connectivity index (χ4n) is 1.94. The predicted octanol–water partition coefficient (Wildman–Crippen LogP) is 3.92. The third-order valence-electron chi connectivity index (χ3n) is 3.25. The van der Waals surface area contributed by atoms with Crippen LogP contribution in [-0.2, 0) is 10.0 Å². The largest absolute Gasteiger partial charge is 0.408 e. The summed E-state index contributed by atoms with van der Waals surface area (Å²) < 4.78 is 65.5. The molecule has 1 atom stereocenters. The van der Waals surface area contributed by atoms with Gasteiger partial charge in [-0.3, -0.25) is 0 Å². The standard InChI is InChI=1S/C17H16F3NO2S/c1-13-7-10-15(11-8-13)24(22,23)21-16(17(18,19)20)12-9-14-5-3-2-4-6-14/h2-12,16,21H,1H3/b12-9+. The van der Waals surface area contributed by atoms with E-state index in [0.717, 1.165) is 11.6 Å². The summed E-state index contributed by atoms with van der Waals surface area (Å²) in [5.74, 6) is 0. The molecule has 3 nitrogen and oxygen atoms in total. The average Bonchev–Trinajstić information content (AvgIpc) is 2.52. The van der Waals surface area contributed by atoms with Gasteiger partial charge < -0.3 is 0 Å². The van der Waals surface area contributed by atoms with Gasteiger partial charge in [0.25, 0.3) is 0 Å². The molecule has 0 spiro atoms. The second-order valence-electron chi connectivity index (χ2n) is 5.22. The van der Waals surface area contributed by atoms with E-state index in [1.807, 2.05) is 0 Å². The zero-order valence-electron chi connectivity index (χ0n) is 12.8. The van der Waals surface area contributed by atoms with Crippen molar-refractivity contribution in [2.24, 2.45) is 0 Å². The first-order valence-corrected chi connectivity index (χ1v) is 8.56. The Labute approximate surface area is 138 Å². The number of alkyl halides is 3. The number of benzene rings is 2. The minimum Gasteiger partial charge on any atom is -0.207 e. The molecule has 0 saturated heterocycles. The van der Waals surface area contributed by atoms with Gasteiger partial charge in [-0.15, -0.1) is 0 Å². The minimum absolute atomic E-state index is 0.213. The van der Waals surface area contributed by atoms with Crippen LogP contribution in [0.15, 0.2) is 65.6 Å². The zero-order valence-corrected chi connectivity index (χ0v) is 13.6. The van der Waals surface area contributed by atoms with Crippen molar-refractivity contribution in [1.29, 1.82) is 0 Å². The molecule has 7 heteroatoms. The number of sulfonamides is 1. The van der Waals surface area contributed by atoms with Crippen LogP contribution in [0.4, 0.5) is 13.2 Å². The summed E-state index contributed by atoms with van der Waals surface area (Å²) in [5.41, 5.74) is 1.35. The third kappa shape index (κ3) is 4.94. The van der Waals surface area contributed by atoms with Gasteiger partial charge in [0.15, 0.2) is 0 Å². The highest BCUT2D eigenvalue weighted by Crippen LogP contribution is 2.24. The molecule has 0 bridgehead atoms. The predicted molar refractivity (Wildman–Crippen MR) is 86.8 cm³/mol. The number of rotatable bonds is 5. The molecular formula is C17H16F3NO2S. The highest BCUT2D eigenvalue weighted by molar-refractivity contribution is 7.89. The van der Waals surface area contributed by atoms with Crippen LogP contribution in [0.2, 0.25) is 0 Å². The SMILES string of the molecule is Cc1ccc(S(=O)(=O)NC(/C=C/c2ccccc2)C(F)(F)F)cc1. The van der Waals surface area contributed by atoms with Crippen molar-refractivity contribution in [2.75, 3.05) is 0 Å². The smallest absolute Gasteiger partial charge is 0.207 e. The molecule has 0 heterocycles. The van der Waals surface area contributed by atoms with E-state index in [0.29, 0.717) is 5.56 Å². The summed E-state index contributed by atoms with van der Waals surface area (Å²) in [6.45, 7) is 1.75. The maximum absolute atomic E-state index is 13.2. The Bertz CT molecular complexity index is 798. The molecule has 2 aromatic rings. The van der Waals surface area contributed by atoms with Crippen LogP contribution >= 0.6 is 0 Å². The van der Waals surface area contributed by atoms with E-state index in [9.17, 15) is 21.6 Å². The van der Waals surface area contributed by atoms with Crippen molar-refractivity contribution < 1.29 is 21.6 Å². The average molecular weight is 355 g/mol. The first-order valence-electron chi connectivity index (χ1n) is 7.07. The van der Waals surface area contributed by atoms with Gasteiger partial charge in [0.05, 0.1) is 4.90 Å². The lowest BCUT2D eigenvalue weighted by molar-refractivity contribution is -0.140. The van der Waals surface area contributed by atoms with Gasteiger partial charge in [0.1, 0.15) is 6.04 Å². The monoisotopic (exact) mass is 355 g/mol. The number of nitrogens with one attached hydrogen (secondary N) is 1. The Morgan fingerprint density at radius 1 is 1.00 bits per heavy atom. The van der Waals surface area contributed by atoms with Gasteiger partial charge in [-0.05, 0) is 24.6 Å². The van der Waals surface area contributed by atoms with Gasteiger partial charge in [0, 0.05) is 0 Å². The summed E-state index contributed by atoms with van der Waals surface area (Å²) in [4.78, 5) is -0.213. The Hall–Kier alpha value is -2.12. The highest BCUT2D eigenvalue weighted by atomic mass is 32.2. The summed E-state index contributed by atoms with van der Waals surface area (Å²) in [6.07, 6.45) is -2.72. The molecule has 0 aromatic heterocycles. The minimum atomic E-state index is -4.75. The normalized spacial score (nSPS) is 14.0. The molecule has 2 aromatic carbocycles. The van der Waals surface area contributed by atoms with E-state index in [1.54, 1.807) is 42.0 Å².